The lowest BCUT2D eigenvalue weighted by molar-refractivity contribution is -0.140. The molecule has 4 aromatic rings. The Hall–Kier alpha value is -4.06. The van der Waals surface area contributed by atoms with E-state index in [9.17, 15) is 4.79 Å². The first-order chi connectivity index (χ1) is 15.1. The van der Waals surface area contributed by atoms with E-state index in [1.165, 1.54) is 0 Å². The Kier molecular flexibility index (Phi) is 5.98. The molecule has 3 aromatic carbocycles. The predicted molar refractivity (Wildman–Crippen MR) is 119 cm³/mol. The molecular weight excluding hydrogens is 392 g/mol. The molecular formula is C25H22N2O4. The van der Waals surface area contributed by atoms with Gasteiger partial charge in [0.25, 0.3) is 6.01 Å². The normalized spacial score (nSPS) is 11.6. The zero-order valence-corrected chi connectivity index (χ0v) is 17.0. The zero-order valence-electron chi connectivity index (χ0n) is 17.0. The largest absolute Gasteiger partial charge is 0.481 e. The number of carbonyl (C=O) groups is 1. The lowest BCUT2D eigenvalue weighted by Gasteiger charge is -2.06. The van der Waals surface area contributed by atoms with Crippen LogP contribution in [0.3, 0.4) is 0 Å². The molecule has 0 fully saturated rings. The van der Waals surface area contributed by atoms with Gasteiger partial charge in [-0.2, -0.15) is 4.98 Å². The van der Waals surface area contributed by atoms with Gasteiger partial charge in [-0.15, -0.1) is 0 Å². The maximum atomic E-state index is 11.1. The Balaban J connectivity index is 1.62. The first-order valence-electron chi connectivity index (χ1n) is 9.96. The summed E-state index contributed by atoms with van der Waals surface area (Å²) in [6.07, 6.45) is 0. The monoisotopic (exact) mass is 414 g/mol. The van der Waals surface area contributed by atoms with Crippen LogP contribution in [0, 0.1) is 5.92 Å². The van der Waals surface area contributed by atoms with E-state index in [0.29, 0.717) is 17.2 Å². The second kappa shape index (κ2) is 9.17. The van der Waals surface area contributed by atoms with Crippen LogP contribution >= 0.6 is 0 Å². The van der Waals surface area contributed by atoms with Crippen molar-refractivity contribution in [2.45, 2.75) is 6.92 Å². The molecule has 4 rings (SSSR count). The van der Waals surface area contributed by atoms with Crippen molar-refractivity contribution in [2.24, 2.45) is 5.92 Å². The molecule has 6 heteroatoms. The number of rotatable bonds is 8. The second-order valence-electron chi connectivity index (χ2n) is 7.12. The van der Waals surface area contributed by atoms with Crippen molar-refractivity contribution < 1.29 is 19.1 Å². The molecule has 0 amide bonds. The number of benzene rings is 3. The van der Waals surface area contributed by atoms with E-state index in [0.717, 1.165) is 16.9 Å². The van der Waals surface area contributed by atoms with Gasteiger partial charge >= 0.3 is 5.97 Å². The summed E-state index contributed by atoms with van der Waals surface area (Å²) < 4.78 is 11.8. The molecule has 0 saturated heterocycles. The molecule has 0 aliphatic heterocycles. The summed E-state index contributed by atoms with van der Waals surface area (Å²) in [5.74, 6) is 0.651. The van der Waals surface area contributed by atoms with Crippen LogP contribution < -0.4 is 10.1 Å². The number of nitrogens with one attached hydrogen (secondary N) is 1. The van der Waals surface area contributed by atoms with Gasteiger partial charge in [-0.1, -0.05) is 55.5 Å². The Morgan fingerprint density at radius 1 is 0.935 bits per heavy atom. The summed E-state index contributed by atoms with van der Waals surface area (Å²) in [7, 11) is 0. The summed E-state index contributed by atoms with van der Waals surface area (Å²) in [5.41, 5.74) is 2.42. The Morgan fingerprint density at radius 2 is 1.55 bits per heavy atom. The summed E-state index contributed by atoms with van der Waals surface area (Å²) in [4.78, 5) is 15.7. The maximum Gasteiger partial charge on any atom is 0.308 e. The van der Waals surface area contributed by atoms with Gasteiger partial charge in [0.2, 0.25) is 0 Å². The molecule has 0 aliphatic rings. The third kappa shape index (κ3) is 4.93. The molecule has 2 N–H and O–H groups in total. The minimum atomic E-state index is -0.878. The summed E-state index contributed by atoms with van der Waals surface area (Å²) >= 11 is 0. The first kappa shape index (κ1) is 20.2. The summed E-state index contributed by atoms with van der Waals surface area (Å²) in [6, 6.07) is 27.1. The van der Waals surface area contributed by atoms with E-state index in [1.807, 2.05) is 84.9 Å². The molecule has 1 heterocycles. The number of carboxylic acids is 1. The van der Waals surface area contributed by atoms with E-state index in [2.05, 4.69) is 10.3 Å². The van der Waals surface area contributed by atoms with Crippen LogP contribution in [0.4, 0.5) is 6.01 Å². The number of anilines is 1. The van der Waals surface area contributed by atoms with E-state index >= 15 is 0 Å². The molecule has 1 atom stereocenters. The van der Waals surface area contributed by atoms with E-state index in [-0.39, 0.29) is 12.6 Å². The van der Waals surface area contributed by atoms with Crippen LogP contribution in [-0.4, -0.2) is 22.6 Å². The van der Waals surface area contributed by atoms with Gasteiger partial charge in [-0.25, -0.2) is 0 Å². The van der Waals surface area contributed by atoms with Crippen molar-refractivity contribution in [1.29, 1.82) is 0 Å². The smallest absolute Gasteiger partial charge is 0.308 e. The van der Waals surface area contributed by atoms with Gasteiger partial charge < -0.3 is 19.6 Å². The predicted octanol–water partition coefficient (Wildman–Crippen LogP) is 5.93. The van der Waals surface area contributed by atoms with Crippen LogP contribution in [0.1, 0.15) is 6.92 Å². The van der Waals surface area contributed by atoms with E-state index < -0.39 is 11.9 Å². The molecule has 31 heavy (non-hydrogen) atoms. The van der Waals surface area contributed by atoms with E-state index in [1.54, 1.807) is 6.92 Å². The average molecular weight is 414 g/mol. The third-order valence-corrected chi connectivity index (χ3v) is 4.75. The van der Waals surface area contributed by atoms with Crippen molar-refractivity contribution in [3.63, 3.8) is 0 Å². The van der Waals surface area contributed by atoms with Gasteiger partial charge in [-0.05, 0) is 36.4 Å². The SMILES string of the molecule is CC(CNc1nc(-c2ccc(Oc3ccccc3)cc2)c(-c2ccccc2)o1)C(=O)O. The number of aromatic nitrogens is 1. The molecule has 156 valence electrons. The van der Waals surface area contributed by atoms with Crippen LogP contribution in [0.15, 0.2) is 89.3 Å². The lowest BCUT2D eigenvalue weighted by atomic mass is 10.1. The standard InChI is InChI=1S/C25H22N2O4/c1-17(24(28)29)16-26-25-27-22(23(31-25)19-8-4-2-5-9-19)18-12-14-21(15-13-18)30-20-10-6-3-7-11-20/h2-15,17H,16H2,1H3,(H,26,27)(H,28,29). The highest BCUT2D eigenvalue weighted by atomic mass is 16.5. The highest BCUT2D eigenvalue weighted by Gasteiger charge is 2.18. The average Bonchev–Trinajstić information content (AvgIpc) is 3.23. The van der Waals surface area contributed by atoms with Crippen LogP contribution in [0.2, 0.25) is 0 Å². The molecule has 0 aliphatic carbocycles. The minimum absolute atomic E-state index is 0.216. The van der Waals surface area contributed by atoms with Gasteiger partial charge in [0, 0.05) is 17.7 Å². The number of para-hydroxylation sites is 1. The topological polar surface area (TPSA) is 84.6 Å². The van der Waals surface area contributed by atoms with Crippen molar-refractivity contribution in [2.75, 3.05) is 11.9 Å². The van der Waals surface area contributed by atoms with Gasteiger partial charge in [-0.3, -0.25) is 4.79 Å². The zero-order chi connectivity index (χ0) is 21.6. The quantitative estimate of drug-likeness (QED) is 0.371. The number of nitrogens with zero attached hydrogens (tertiary/aromatic N) is 1. The first-order valence-corrected chi connectivity index (χ1v) is 9.96. The van der Waals surface area contributed by atoms with Crippen LogP contribution in [-0.2, 0) is 4.79 Å². The fourth-order valence-corrected chi connectivity index (χ4v) is 3.01. The Bertz CT molecular complexity index is 1140. The van der Waals surface area contributed by atoms with Gasteiger partial charge in [0.15, 0.2) is 5.76 Å². The molecule has 0 saturated carbocycles. The molecule has 0 bridgehead atoms. The number of hydrogen-bond donors (Lipinski definition) is 2. The van der Waals surface area contributed by atoms with Crippen LogP contribution in [0.5, 0.6) is 11.5 Å². The highest BCUT2D eigenvalue weighted by Crippen LogP contribution is 2.35. The lowest BCUT2D eigenvalue weighted by Crippen LogP contribution is -2.19. The molecule has 0 spiro atoms. The summed E-state index contributed by atoms with van der Waals surface area (Å²) in [6.45, 7) is 1.84. The van der Waals surface area contributed by atoms with Crippen LogP contribution in [0.25, 0.3) is 22.6 Å². The summed E-state index contributed by atoms with van der Waals surface area (Å²) in [5, 5.41) is 12.1. The van der Waals surface area contributed by atoms with Gasteiger partial charge in [0.1, 0.15) is 17.2 Å². The maximum absolute atomic E-state index is 11.1. The molecule has 0 radical (unpaired) electrons. The Morgan fingerprint density at radius 3 is 2.19 bits per heavy atom. The second-order valence-corrected chi connectivity index (χ2v) is 7.12. The molecule has 1 unspecified atom stereocenters. The fourth-order valence-electron chi connectivity index (χ4n) is 3.01. The minimum Gasteiger partial charge on any atom is -0.481 e. The number of aliphatic carboxylic acids is 1. The fraction of sp³-hybridized carbons (Fsp3) is 0.120. The van der Waals surface area contributed by atoms with Crippen molar-refractivity contribution in [1.82, 2.24) is 4.98 Å². The van der Waals surface area contributed by atoms with Gasteiger partial charge in [0.05, 0.1) is 5.92 Å². The number of carboxylic acid groups (broad SMARTS) is 1. The number of ether oxygens (including phenoxy) is 1. The van der Waals surface area contributed by atoms with E-state index in [4.69, 9.17) is 14.3 Å². The third-order valence-electron chi connectivity index (χ3n) is 4.75. The highest BCUT2D eigenvalue weighted by molar-refractivity contribution is 5.78. The molecule has 1 aromatic heterocycles. The van der Waals surface area contributed by atoms with Crippen molar-refractivity contribution in [3.8, 4) is 34.1 Å². The number of oxazole rings is 1. The number of hydrogen-bond acceptors (Lipinski definition) is 5. The van der Waals surface area contributed by atoms with Crippen molar-refractivity contribution in [3.05, 3.63) is 84.9 Å². The Labute approximate surface area is 180 Å². The van der Waals surface area contributed by atoms with Crippen molar-refractivity contribution >= 4 is 12.0 Å². The molecule has 6 nitrogen and oxygen atoms in total.